The third-order valence-electron chi connectivity index (χ3n) is 5.02. The molecule has 2 aliphatic rings. The van der Waals surface area contributed by atoms with E-state index in [9.17, 15) is 13.2 Å². The van der Waals surface area contributed by atoms with Crippen LogP contribution in [-0.4, -0.2) is 37.3 Å². The monoisotopic (exact) mass is 370 g/mol. The molecule has 5 nitrogen and oxygen atoms in total. The van der Waals surface area contributed by atoms with Gasteiger partial charge in [0.1, 0.15) is 4.21 Å². The lowest BCUT2D eigenvalue weighted by Crippen LogP contribution is -2.47. The highest BCUT2D eigenvalue weighted by atomic mass is 32.2. The van der Waals surface area contributed by atoms with E-state index in [0.29, 0.717) is 10.8 Å². The fraction of sp³-hybridized carbons (Fsp3) is 0.706. The molecule has 0 radical (unpaired) electrons. The zero-order valence-electron chi connectivity index (χ0n) is 13.9. The predicted octanol–water partition coefficient (Wildman–Crippen LogP) is 3.13. The van der Waals surface area contributed by atoms with E-state index >= 15 is 0 Å². The van der Waals surface area contributed by atoms with Crippen molar-refractivity contribution in [3.63, 3.8) is 0 Å². The number of thiophene rings is 1. The standard InChI is InChI=1S/C17H26N2O3S2/c20-16(18-14-7-2-1-3-8-14)13-15-9-4-5-11-19(15)24(21,22)17-10-6-12-23-17/h6,10,12,14-15H,1-5,7-9,11,13H2,(H,18,20)/t15-/m0/s1. The summed E-state index contributed by atoms with van der Waals surface area (Å²) in [6.45, 7) is 0.515. The van der Waals surface area contributed by atoms with Gasteiger partial charge in [0.15, 0.2) is 0 Å². The lowest BCUT2D eigenvalue weighted by molar-refractivity contribution is -0.123. The lowest BCUT2D eigenvalue weighted by atomic mass is 9.95. The summed E-state index contributed by atoms with van der Waals surface area (Å²) < 4.78 is 27.6. The van der Waals surface area contributed by atoms with Gasteiger partial charge in [0.2, 0.25) is 5.91 Å². The Kier molecular flexibility index (Phi) is 5.94. The Hall–Kier alpha value is -0.920. The number of hydrogen-bond acceptors (Lipinski definition) is 4. The quantitative estimate of drug-likeness (QED) is 0.866. The van der Waals surface area contributed by atoms with Gasteiger partial charge in [-0.25, -0.2) is 8.42 Å². The van der Waals surface area contributed by atoms with E-state index in [4.69, 9.17) is 0 Å². The van der Waals surface area contributed by atoms with Gasteiger partial charge in [-0.3, -0.25) is 4.79 Å². The normalized spacial score (nSPS) is 23.9. The van der Waals surface area contributed by atoms with Gasteiger partial charge in [-0.1, -0.05) is 31.7 Å². The average Bonchev–Trinajstić information content (AvgIpc) is 3.11. The first-order chi connectivity index (χ1) is 11.6. The fourth-order valence-corrected chi connectivity index (χ4v) is 6.58. The second kappa shape index (κ2) is 7.97. The van der Waals surface area contributed by atoms with Crippen LogP contribution >= 0.6 is 11.3 Å². The number of sulfonamides is 1. The van der Waals surface area contributed by atoms with Crippen molar-refractivity contribution in [2.45, 2.75) is 74.1 Å². The van der Waals surface area contributed by atoms with Crippen molar-refractivity contribution in [1.29, 1.82) is 0 Å². The summed E-state index contributed by atoms with van der Waals surface area (Å²) in [7, 11) is -3.47. The summed E-state index contributed by atoms with van der Waals surface area (Å²) in [5.41, 5.74) is 0. The number of piperidine rings is 1. The molecule has 0 bridgehead atoms. The molecule has 1 saturated heterocycles. The summed E-state index contributed by atoms with van der Waals surface area (Å²) in [6.07, 6.45) is 8.59. The van der Waals surface area contributed by atoms with Crippen molar-refractivity contribution in [3.8, 4) is 0 Å². The number of amides is 1. The van der Waals surface area contributed by atoms with Crippen molar-refractivity contribution in [2.24, 2.45) is 0 Å². The molecule has 1 aliphatic heterocycles. The zero-order chi connectivity index (χ0) is 17.0. The topological polar surface area (TPSA) is 66.5 Å². The summed E-state index contributed by atoms with van der Waals surface area (Å²) >= 11 is 1.24. The Morgan fingerprint density at radius 3 is 2.62 bits per heavy atom. The lowest BCUT2D eigenvalue weighted by Gasteiger charge is -2.34. The molecule has 0 unspecified atom stereocenters. The number of nitrogens with zero attached hydrogens (tertiary/aromatic N) is 1. The number of nitrogens with one attached hydrogen (secondary N) is 1. The van der Waals surface area contributed by atoms with Crippen LogP contribution in [0.2, 0.25) is 0 Å². The fourth-order valence-electron chi connectivity index (χ4n) is 3.77. The van der Waals surface area contributed by atoms with Gasteiger partial charge in [-0.2, -0.15) is 4.31 Å². The molecule has 0 aromatic carbocycles. The first-order valence-corrected chi connectivity index (χ1v) is 11.2. The second-order valence-corrected chi connectivity index (χ2v) is 9.87. The average molecular weight is 371 g/mol. The van der Waals surface area contributed by atoms with Crippen LogP contribution in [0.1, 0.15) is 57.8 Å². The Morgan fingerprint density at radius 1 is 1.17 bits per heavy atom. The van der Waals surface area contributed by atoms with Crippen LogP contribution in [0.4, 0.5) is 0 Å². The summed E-state index contributed by atoms with van der Waals surface area (Å²) in [5.74, 6) is 0.000166. The van der Waals surface area contributed by atoms with Crippen molar-refractivity contribution < 1.29 is 13.2 Å². The van der Waals surface area contributed by atoms with Gasteiger partial charge in [-0.05, 0) is 37.1 Å². The molecule has 1 aromatic heterocycles. The third kappa shape index (κ3) is 4.18. The minimum absolute atomic E-state index is 0.000166. The maximum atomic E-state index is 12.8. The van der Waals surface area contributed by atoms with Crippen LogP contribution in [0.25, 0.3) is 0 Å². The van der Waals surface area contributed by atoms with E-state index in [1.807, 2.05) is 0 Å². The summed E-state index contributed by atoms with van der Waals surface area (Å²) in [5, 5.41) is 4.89. The van der Waals surface area contributed by atoms with Crippen LogP contribution in [0.15, 0.2) is 21.7 Å². The minimum Gasteiger partial charge on any atom is -0.353 e. The highest BCUT2D eigenvalue weighted by Gasteiger charge is 2.35. The Morgan fingerprint density at radius 2 is 1.92 bits per heavy atom. The maximum Gasteiger partial charge on any atom is 0.252 e. The Bertz CT molecular complexity index is 637. The molecule has 3 rings (SSSR count). The van der Waals surface area contributed by atoms with Crippen LogP contribution < -0.4 is 5.32 Å². The zero-order valence-corrected chi connectivity index (χ0v) is 15.6. The molecule has 1 atom stereocenters. The van der Waals surface area contributed by atoms with E-state index in [2.05, 4.69) is 5.32 Å². The molecular weight excluding hydrogens is 344 g/mol. The van der Waals surface area contributed by atoms with Crippen molar-refractivity contribution in [2.75, 3.05) is 6.54 Å². The smallest absolute Gasteiger partial charge is 0.252 e. The molecule has 1 N–H and O–H groups in total. The maximum absolute atomic E-state index is 12.8. The Balaban J connectivity index is 1.65. The summed E-state index contributed by atoms with van der Waals surface area (Å²) in [4.78, 5) is 12.4. The van der Waals surface area contributed by atoms with E-state index in [-0.39, 0.29) is 24.4 Å². The molecule has 7 heteroatoms. The third-order valence-corrected chi connectivity index (χ3v) is 8.35. The molecule has 134 valence electrons. The van der Waals surface area contributed by atoms with E-state index in [1.165, 1.54) is 30.6 Å². The van der Waals surface area contributed by atoms with Gasteiger partial charge in [0.25, 0.3) is 10.0 Å². The largest absolute Gasteiger partial charge is 0.353 e. The molecule has 2 heterocycles. The van der Waals surface area contributed by atoms with Crippen molar-refractivity contribution in [3.05, 3.63) is 17.5 Å². The molecule has 1 aliphatic carbocycles. The van der Waals surface area contributed by atoms with Gasteiger partial charge in [-0.15, -0.1) is 11.3 Å². The molecule has 2 fully saturated rings. The van der Waals surface area contributed by atoms with Crippen LogP contribution in [-0.2, 0) is 14.8 Å². The second-order valence-electron chi connectivity index (χ2n) is 6.80. The van der Waals surface area contributed by atoms with Crippen LogP contribution in [0.5, 0.6) is 0 Å². The van der Waals surface area contributed by atoms with Gasteiger partial charge < -0.3 is 5.32 Å². The van der Waals surface area contributed by atoms with Crippen molar-refractivity contribution >= 4 is 27.3 Å². The highest BCUT2D eigenvalue weighted by molar-refractivity contribution is 7.91. The molecule has 24 heavy (non-hydrogen) atoms. The number of carbonyl (C=O) groups excluding carboxylic acids is 1. The van der Waals surface area contributed by atoms with Crippen LogP contribution in [0.3, 0.4) is 0 Å². The van der Waals surface area contributed by atoms with Gasteiger partial charge in [0, 0.05) is 25.0 Å². The molecule has 1 saturated carbocycles. The minimum atomic E-state index is -3.47. The number of rotatable bonds is 5. The molecule has 1 aromatic rings. The predicted molar refractivity (Wildman–Crippen MR) is 95.5 cm³/mol. The number of hydrogen-bond donors (Lipinski definition) is 1. The van der Waals surface area contributed by atoms with Crippen molar-refractivity contribution in [1.82, 2.24) is 9.62 Å². The first-order valence-electron chi connectivity index (χ1n) is 8.92. The van der Waals surface area contributed by atoms with Gasteiger partial charge in [0.05, 0.1) is 0 Å². The van der Waals surface area contributed by atoms with E-state index in [0.717, 1.165) is 32.1 Å². The SMILES string of the molecule is O=C(C[C@@H]1CCCCN1S(=O)(=O)c1cccs1)NC1CCCCC1. The Labute approximate surface area is 148 Å². The molecule has 1 amide bonds. The van der Waals surface area contributed by atoms with Crippen LogP contribution in [0, 0.1) is 0 Å². The van der Waals surface area contributed by atoms with Gasteiger partial charge >= 0.3 is 0 Å². The first kappa shape index (κ1) is 17.9. The van der Waals surface area contributed by atoms with E-state index < -0.39 is 10.0 Å². The van der Waals surface area contributed by atoms with E-state index in [1.54, 1.807) is 21.8 Å². The molecular formula is C17H26N2O3S2. The summed E-state index contributed by atoms with van der Waals surface area (Å²) in [6, 6.07) is 3.46. The molecule has 0 spiro atoms. The highest BCUT2D eigenvalue weighted by Crippen LogP contribution is 2.29. The number of carbonyl (C=O) groups is 1.